The molecule has 0 bridgehead atoms. The quantitative estimate of drug-likeness (QED) is 0.0494. The molecule has 0 radical (unpaired) electrons. The fraction of sp³-hybridized carbons (Fsp3) is 0. The second-order valence-electron chi connectivity index (χ2n) is 14.0. The SMILES string of the molecule is Oc1c(O)c(O)c2c(-c3cccc4oc5cc6ccccc6cc5c34)c3c(O)c(O)c(O)c(O)c3c(-c3ccc(-c4ccc(-c5ccccc5)cc4)cc3)c2c1O. The van der Waals surface area contributed by atoms with Gasteiger partial charge in [0.25, 0.3) is 0 Å². The molecule has 0 saturated carbocycles. The molecule has 57 heavy (non-hydrogen) atoms. The highest BCUT2D eigenvalue weighted by Crippen LogP contribution is 2.62. The van der Waals surface area contributed by atoms with Gasteiger partial charge in [0.2, 0.25) is 23.0 Å². The molecular weight excluding hydrogens is 721 g/mol. The monoisotopic (exact) mass is 750 g/mol. The van der Waals surface area contributed by atoms with Gasteiger partial charge in [0.05, 0.1) is 0 Å². The second-order valence-corrected chi connectivity index (χ2v) is 14.0. The first-order chi connectivity index (χ1) is 27.6. The molecule has 0 aliphatic heterocycles. The van der Waals surface area contributed by atoms with Gasteiger partial charge >= 0.3 is 0 Å². The fourth-order valence-corrected chi connectivity index (χ4v) is 8.21. The lowest BCUT2D eigenvalue weighted by molar-refractivity contribution is 0.350. The van der Waals surface area contributed by atoms with Gasteiger partial charge in [-0.1, -0.05) is 115 Å². The second kappa shape index (κ2) is 12.2. The molecule has 9 heteroatoms. The van der Waals surface area contributed by atoms with Crippen LogP contribution >= 0.6 is 0 Å². The number of furan rings is 1. The summed E-state index contributed by atoms with van der Waals surface area (Å²) in [5.74, 6) is -7.55. The number of rotatable bonds is 4. The number of hydrogen-bond donors (Lipinski definition) is 8. The van der Waals surface area contributed by atoms with Crippen molar-refractivity contribution in [2.75, 3.05) is 0 Å². The van der Waals surface area contributed by atoms with E-state index in [1.54, 1.807) is 42.5 Å². The highest BCUT2D eigenvalue weighted by atomic mass is 16.4. The summed E-state index contributed by atoms with van der Waals surface area (Å²) in [5.41, 5.74) is 5.30. The van der Waals surface area contributed by atoms with E-state index < -0.39 is 46.0 Å². The third-order valence-corrected chi connectivity index (χ3v) is 10.9. The molecule has 9 aromatic carbocycles. The third kappa shape index (κ3) is 4.82. The van der Waals surface area contributed by atoms with Gasteiger partial charge in [-0.15, -0.1) is 0 Å². The van der Waals surface area contributed by atoms with Gasteiger partial charge in [-0.3, -0.25) is 0 Å². The van der Waals surface area contributed by atoms with E-state index in [-0.39, 0.29) is 32.7 Å². The number of hydrogen-bond acceptors (Lipinski definition) is 9. The minimum absolute atomic E-state index is 0.0313. The lowest BCUT2D eigenvalue weighted by Crippen LogP contribution is -1.95. The first-order valence-corrected chi connectivity index (χ1v) is 18.0. The van der Waals surface area contributed by atoms with Gasteiger partial charge in [-0.05, 0) is 62.4 Å². The van der Waals surface area contributed by atoms with Crippen molar-refractivity contribution in [3.63, 3.8) is 0 Å². The molecule has 0 unspecified atom stereocenters. The molecule has 1 heterocycles. The average molecular weight is 751 g/mol. The Morgan fingerprint density at radius 3 is 1.23 bits per heavy atom. The van der Waals surface area contributed by atoms with Crippen LogP contribution in [-0.2, 0) is 0 Å². The van der Waals surface area contributed by atoms with Crippen LogP contribution in [0.4, 0.5) is 0 Å². The summed E-state index contributed by atoms with van der Waals surface area (Å²) < 4.78 is 6.31. The maximum atomic E-state index is 11.8. The van der Waals surface area contributed by atoms with Crippen molar-refractivity contribution in [1.82, 2.24) is 0 Å². The zero-order valence-electron chi connectivity index (χ0n) is 29.7. The van der Waals surface area contributed by atoms with Gasteiger partial charge < -0.3 is 45.3 Å². The topological polar surface area (TPSA) is 175 Å². The Morgan fingerprint density at radius 2 is 0.719 bits per heavy atom. The molecule has 0 aliphatic rings. The van der Waals surface area contributed by atoms with Gasteiger partial charge in [-0.25, -0.2) is 0 Å². The van der Waals surface area contributed by atoms with Crippen molar-refractivity contribution in [3.8, 4) is 90.5 Å². The largest absolute Gasteiger partial charge is 0.504 e. The molecule has 1 aromatic heterocycles. The summed E-state index contributed by atoms with van der Waals surface area (Å²) in [6.45, 7) is 0. The van der Waals surface area contributed by atoms with E-state index in [4.69, 9.17) is 4.42 Å². The fourth-order valence-electron chi connectivity index (χ4n) is 8.21. The maximum absolute atomic E-state index is 11.8. The number of aromatic hydroxyl groups is 8. The minimum Gasteiger partial charge on any atom is -0.504 e. The van der Waals surface area contributed by atoms with Crippen LogP contribution in [0, 0.1) is 0 Å². The summed E-state index contributed by atoms with van der Waals surface area (Å²) in [7, 11) is 0. The van der Waals surface area contributed by atoms with E-state index in [2.05, 4.69) is 0 Å². The lowest BCUT2D eigenvalue weighted by Gasteiger charge is -2.23. The van der Waals surface area contributed by atoms with Gasteiger partial charge in [0.1, 0.15) is 11.2 Å². The Labute approximate surface area is 322 Å². The first kappa shape index (κ1) is 33.5. The van der Waals surface area contributed by atoms with Crippen molar-refractivity contribution in [2.24, 2.45) is 0 Å². The first-order valence-electron chi connectivity index (χ1n) is 18.0. The smallest absolute Gasteiger partial charge is 0.204 e. The van der Waals surface area contributed by atoms with Crippen molar-refractivity contribution in [3.05, 3.63) is 133 Å². The predicted octanol–water partition coefficient (Wildman–Crippen LogP) is 11.4. The van der Waals surface area contributed by atoms with Crippen molar-refractivity contribution >= 4 is 54.3 Å². The van der Waals surface area contributed by atoms with Crippen LogP contribution in [0.1, 0.15) is 0 Å². The molecular formula is C48H30O9. The number of phenolic OH excluding ortho intramolecular Hbond substituents is 8. The predicted molar refractivity (Wildman–Crippen MR) is 221 cm³/mol. The number of benzene rings is 9. The van der Waals surface area contributed by atoms with E-state index >= 15 is 0 Å². The molecule has 0 spiro atoms. The third-order valence-electron chi connectivity index (χ3n) is 10.9. The summed E-state index contributed by atoms with van der Waals surface area (Å²) in [4.78, 5) is 0. The zero-order valence-corrected chi connectivity index (χ0v) is 29.7. The molecule has 8 N–H and O–H groups in total. The van der Waals surface area contributed by atoms with Crippen LogP contribution in [0.3, 0.4) is 0 Å². The Bertz CT molecular complexity index is 3210. The van der Waals surface area contributed by atoms with Crippen LogP contribution in [0.2, 0.25) is 0 Å². The van der Waals surface area contributed by atoms with Crippen LogP contribution in [0.5, 0.6) is 46.0 Å². The average Bonchev–Trinajstić information content (AvgIpc) is 3.62. The van der Waals surface area contributed by atoms with Crippen molar-refractivity contribution in [1.29, 1.82) is 0 Å². The van der Waals surface area contributed by atoms with Crippen LogP contribution in [0.25, 0.3) is 98.8 Å². The molecule has 276 valence electrons. The van der Waals surface area contributed by atoms with Gasteiger partial charge in [0.15, 0.2) is 23.0 Å². The Kier molecular flexibility index (Phi) is 7.20. The highest BCUT2D eigenvalue weighted by molar-refractivity contribution is 6.31. The van der Waals surface area contributed by atoms with Gasteiger partial charge in [-0.2, -0.15) is 0 Å². The van der Waals surface area contributed by atoms with Crippen LogP contribution < -0.4 is 0 Å². The molecule has 10 rings (SSSR count). The summed E-state index contributed by atoms with van der Waals surface area (Å²) >= 11 is 0. The molecule has 0 amide bonds. The molecule has 0 saturated heterocycles. The van der Waals surface area contributed by atoms with Crippen LogP contribution in [-0.4, -0.2) is 40.9 Å². The highest BCUT2D eigenvalue weighted by Gasteiger charge is 2.33. The van der Waals surface area contributed by atoms with E-state index in [1.165, 1.54) is 0 Å². The Balaban J connectivity index is 1.30. The molecule has 0 fully saturated rings. The van der Waals surface area contributed by atoms with Gasteiger partial charge in [0, 0.05) is 43.4 Å². The van der Waals surface area contributed by atoms with Crippen LogP contribution in [0.15, 0.2) is 138 Å². The molecule has 9 nitrogen and oxygen atoms in total. The minimum atomic E-state index is -1.04. The standard InChI is InChI=1S/C48H30O9/c49-41-37-34(27-19-17-26(18-20-27)25-15-13-24(14-16-25)23-7-2-1-3-8-23)38-40(44(52)48(56)46(54)42(38)50)36(39(37)43(51)47(55)45(41)53)30-11-6-12-32-35(30)31-21-28-9-4-5-10-29(28)22-33(31)57-32/h1-22,49-56H. The summed E-state index contributed by atoms with van der Waals surface area (Å²) in [5, 5.41) is 93.3. The Hall–Kier alpha value is -8.04. The molecule has 10 aromatic rings. The van der Waals surface area contributed by atoms with Crippen molar-refractivity contribution < 1.29 is 45.3 Å². The van der Waals surface area contributed by atoms with E-state index in [0.29, 0.717) is 33.1 Å². The lowest BCUT2D eigenvalue weighted by atomic mass is 9.82. The van der Waals surface area contributed by atoms with E-state index in [9.17, 15) is 40.9 Å². The van der Waals surface area contributed by atoms with E-state index in [1.807, 2.05) is 91.0 Å². The Morgan fingerprint density at radius 1 is 0.298 bits per heavy atom. The zero-order chi connectivity index (χ0) is 39.3. The summed E-state index contributed by atoms with van der Waals surface area (Å²) in [6, 6.07) is 41.5. The summed E-state index contributed by atoms with van der Waals surface area (Å²) in [6.07, 6.45) is 0. The molecule has 0 atom stereocenters. The van der Waals surface area contributed by atoms with Crippen molar-refractivity contribution in [2.45, 2.75) is 0 Å². The number of fused-ring (bicyclic) bond motifs is 6. The maximum Gasteiger partial charge on any atom is 0.204 e. The number of phenols is 8. The van der Waals surface area contributed by atoms with E-state index in [0.717, 1.165) is 33.0 Å². The molecule has 0 aliphatic carbocycles. The normalized spacial score (nSPS) is 11.7.